The lowest BCUT2D eigenvalue weighted by Gasteiger charge is -2.10. The fourth-order valence-electron chi connectivity index (χ4n) is 6.53. The van der Waals surface area contributed by atoms with Crippen LogP contribution in [0.15, 0.2) is 176 Å². The van der Waals surface area contributed by atoms with E-state index in [1.54, 1.807) is 0 Å². The minimum atomic E-state index is 0.648. The monoisotopic (exact) mass is 643 g/mol. The molecule has 2 aromatic heterocycles. The molecule has 230 valence electrons. The lowest BCUT2D eigenvalue weighted by molar-refractivity contribution is 1.07. The maximum absolute atomic E-state index is 4.96. The Balaban J connectivity index is 1.13. The molecule has 0 aliphatic carbocycles. The number of fused-ring (bicyclic) bond motifs is 3. The lowest BCUT2D eigenvalue weighted by atomic mass is 9.96. The summed E-state index contributed by atoms with van der Waals surface area (Å²) in [6.07, 6.45) is 0. The van der Waals surface area contributed by atoms with Crippen molar-refractivity contribution >= 4 is 31.5 Å². The molecular formula is C45H29N3S. The minimum Gasteiger partial charge on any atom is -0.208 e. The molecule has 0 atom stereocenters. The number of thiophene rings is 1. The highest BCUT2D eigenvalue weighted by Gasteiger charge is 2.16. The van der Waals surface area contributed by atoms with E-state index >= 15 is 0 Å². The Bertz CT molecular complexity index is 2540. The summed E-state index contributed by atoms with van der Waals surface area (Å²) >= 11 is 1.88. The Morgan fingerprint density at radius 1 is 0.286 bits per heavy atom. The molecule has 2 heterocycles. The standard InChI is InChI=1S/C45H29N3S/c1-4-14-30(15-5-1)37-24-12-26-39-40-27-13-25-38(42(40)49-41(37)39)35-22-10-20-33(28-35)34-21-11-23-36(29-34)45-47-43(31-16-6-2-7-17-31)46-44(48-45)32-18-8-3-9-19-32/h1-29H. The Kier molecular flexibility index (Phi) is 7.34. The highest BCUT2D eigenvalue weighted by molar-refractivity contribution is 7.26. The Morgan fingerprint density at radius 2 is 0.653 bits per heavy atom. The molecule has 0 aliphatic heterocycles. The van der Waals surface area contributed by atoms with E-state index in [0.29, 0.717) is 17.5 Å². The van der Waals surface area contributed by atoms with Crippen LogP contribution in [0.2, 0.25) is 0 Å². The summed E-state index contributed by atoms with van der Waals surface area (Å²) in [4.78, 5) is 14.8. The number of nitrogens with zero attached hydrogens (tertiary/aromatic N) is 3. The van der Waals surface area contributed by atoms with Crippen molar-refractivity contribution in [2.75, 3.05) is 0 Å². The van der Waals surface area contributed by atoms with Crippen LogP contribution in [0.3, 0.4) is 0 Å². The van der Waals surface area contributed by atoms with E-state index < -0.39 is 0 Å². The zero-order valence-corrected chi connectivity index (χ0v) is 27.3. The van der Waals surface area contributed by atoms with Gasteiger partial charge in [0.15, 0.2) is 17.5 Å². The molecule has 0 fully saturated rings. The first kappa shape index (κ1) is 29.0. The summed E-state index contributed by atoms with van der Waals surface area (Å²) in [5.74, 6) is 1.96. The summed E-state index contributed by atoms with van der Waals surface area (Å²) in [6.45, 7) is 0. The SMILES string of the molecule is c1ccc(-c2nc(-c3ccccc3)nc(-c3cccc(-c4cccc(-c5cccc6c5sc5c(-c7ccccc7)cccc56)c4)c3)n2)cc1. The lowest BCUT2D eigenvalue weighted by Crippen LogP contribution is -2.00. The maximum Gasteiger partial charge on any atom is 0.164 e. The second kappa shape index (κ2) is 12.4. The summed E-state index contributed by atoms with van der Waals surface area (Å²) in [6, 6.07) is 61.6. The van der Waals surface area contributed by atoms with Crippen LogP contribution in [-0.4, -0.2) is 15.0 Å². The van der Waals surface area contributed by atoms with E-state index in [2.05, 4.69) is 115 Å². The topological polar surface area (TPSA) is 38.7 Å². The zero-order chi connectivity index (χ0) is 32.6. The fraction of sp³-hybridized carbons (Fsp3) is 0. The van der Waals surface area contributed by atoms with Crippen LogP contribution in [0.1, 0.15) is 0 Å². The van der Waals surface area contributed by atoms with Gasteiger partial charge in [-0.3, -0.25) is 0 Å². The Hall–Kier alpha value is -6.23. The van der Waals surface area contributed by atoms with Crippen LogP contribution in [-0.2, 0) is 0 Å². The summed E-state index contributed by atoms with van der Waals surface area (Å²) < 4.78 is 2.63. The molecule has 3 nitrogen and oxygen atoms in total. The normalized spacial score (nSPS) is 11.3. The van der Waals surface area contributed by atoms with E-state index in [1.807, 2.05) is 72.0 Å². The smallest absolute Gasteiger partial charge is 0.164 e. The third-order valence-electron chi connectivity index (χ3n) is 8.94. The largest absolute Gasteiger partial charge is 0.208 e. The summed E-state index contributed by atoms with van der Waals surface area (Å²) in [5, 5.41) is 2.59. The predicted octanol–water partition coefficient (Wildman–Crippen LogP) is 12.2. The van der Waals surface area contributed by atoms with Gasteiger partial charge in [0.1, 0.15) is 0 Å². The maximum atomic E-state index is 4.96. The summed E-state index contributed by atoms with van der Waals surface area (Å²) in [5.41, 5.74) is 10.1. The number of hydrogen-bond donors (Lipinski definition) is 0. The van der Waals surface area contributed by atoms with E-state index in [1.165, 1.54) is 42.4 Å². The van der Waals surface area contributed by atoms with Gasteiger partial charge in [-0.15, -0.1) is 11.3 Å². The molecule has 9 rings (SSSR count). The first-order valence-electron chi connectivity index (χ1n) is 16.4. The molecule has 0 N–H and O–H groups in total. The van der Waals surface area contributed by atoms with Crippen LogP contribution in [0.4, 0.5) is 0 Å². The van der Waals surface area contributed by atoms with Crippen molar-refractivity contribution in [2.24, 2.45) is 0 Å². The average molecular weight is 644 g/mol. The van der Waals surface area contributed by atoms with Crippen molar-refractivity contribution < 1.29 is 0 Å². The molecule has 7 aromatic carbocycles. The van der Waals surface area contributed by atoms with Crippen molar-refractivity contribution in [3.05, 3.63) is 176 Å². The average Bonchev–Trinajstić information content (AvgIpc) is 3.58. The van der Waals surface area contributed by atoms with Gasteiger partial charge in [-0.1, -0.05) is 164 Å². The molecule has 9 aromatic rings. The zero-order valence-electron chi connectivity index (χ0n) is 26.5. The number of benzene rings is 7. The highest BCUT2D eigenvalue weighted by atomic mass is 32.1. The number of aromatic nitrogens is 3. The van der Waals surface area contributed by atoms with Gasteiger partial charge < -0.3 is 0 Å². The Labute approximate surface area is 288 Å². The van der Waals surface area contributed by atoms with Gasteiger partial charge in [-0.25, -0.2) is 15.0 Å². The molecule has 49 heavy (non-hydrogen) atoms. The van der Waals surface area contributed by atoms with Gasteiger partial charge in [0, 0.05) is 36.9 Å². The first-order chi connectivity index (χ1) is 24.3. The molecule has 0 aliphatic rings. The molecule has 0 radical (unpaired) electrons. The van der Waals surface area contributed by atoms with Crippen LogP contribution in [0.5, 0.6) is 0 Å². The third kappa shape index (κ3) is 5.48. The summed E-state index contributed by atoms with van der Waals surface area (Å²) in [7, 11) is 0. The van der Waals surface area contributed by atoms with E-state index in [9.17, 15) is 0 Å². The molecule has 0 saturated heterocycles. The van der Waals surface area contributed by atoms with Crippen molar-refractivity contribution in [2.45, 2.75) is 0 Å². The number of rotatable bonds is 6. The number of hydrogen-bond acceptors (Lipinski definition) is 4. The molecule has 0 spiro atoms. The van der Waals surface area contributed by atoms with E-state index in [0.717, 1.165) is 27.8 Å². The quantitative estimate of drug-likeness (QED) is 0.181. The van der Waals surface area contributed by atoms with Gasteiger partial charge in [0.05, 0.1) is 0 Å². The molecule has 0 bridgehead atoms. The van der Waals surface area contributed by atoms with Gasteiger partial charge >= 0.3 is 0 Å². The molecule has 0 saturated carbocycles. The third-order valence-corrected chi connectivity index (χ3v) is 10.2. The van der Waals surface area contributed by atoms with Gasteiger partial charge in [-0.05, 0) is 45.5 Å². The van der Waals surface area contributed by atoms with Crippen LogP contribution < -0.4 is 0 Å². The molecular weight excluding hydrogens is 615 g/mol. The minimum absolute atomic E-state index is 0.648. The van der Waals surface area contributed by atoms with Crippen molar-refractivity contribution in [3.63, 3.8) is 0 Å². The molecule has 0 amide bonds. The van der Waals surface area contributed by atoms with Crippen molar-refractivity contribution in [1.82, 2.24) is 15.0 Å². The predicted molar refractivity (Wildman–Crippen MR) is 205 cm³/mol. The van der Waals surface area contributed by atoms with Gasteiger partial charge in [-0.2, -0.15) is 0 Å². The highest BCUT2D eigenvalue weighted by Crippen LogP contribution is 2.44. The van der Waals surface area contributed by atoms with Crippen molar-refractivity contribution in [1.29, 1.82) is 0 Å². The van der Waals surface area contributed by atoms with E-state index in [4.69, 9.17) is 15.0 Å². The Morgan fingerprint density at radius 3 is 1.18 bits per heavy atom. The van der Waals surface area contributed by atoms with Crippen molar-refractivity contribution in [3.8, 4) is 67.5 Å². The van der Waals surface area contributed by atoms with Crippen LogP contribution >= 0.6 is 11.3 Å². The second-order valence-electron chi connectivity index (χ2n) is 12.0. The van der Waals surface area contributed by atoms with Crippen LogP contribution in [0.25, 0.3) is 87.7 Å². The van der Waals surface area contributed by atoms with E-state index in [-0.39, 0.29) is 0 Å². The molecule has 4 heteroatoms. The van der Waals surface area contributed by atoms with Gasteiger partial charge in [0.2, 0.25) is 0 Å². The first-order valence-corrected chi connectivity index (χ1v) is 17.2. The fourth-order valence-corrected chi connectivity index (χ4v) is 7.91. The second-order valence-corrected chi connectivity index (χ2v) is 13.1. The van der Waals surface area contributed by atoms with Gasteiger partial charge in [0.25, 0.3) is 0 Å². The van der Waals surface area contributed by atoms with Crippen LogP contribution in [0, 0.1) is 0 Å². The molecule has 0 unspecified atom stereocenters.